The van der Waals surface area contributed by atoms with Crippen LogP contribution in [0.4, 0.5) is 0 Å². The van der Waals surface area contributed by atoms with Crippen LogP contribution in [0.25, 0.3) is 11.0 Å². The largest absolute Gasteiger partial charge is 0.497 e. The lowest BCUT2D eigenvalue weighted by atomic mass is 10.2. The number of halogens is 2. The summed E-state index contributed by atoms with van der Waals surface area (Å²) in [6, 6.07) is 7.53. The molecule has 3 rings (SSSR count). The summed E-state index contributed by atoms with van der Waals surface area (Å²) in [5.74, 6) is -0.459. The van der Waals surface area contributed by atoms with Crippen molar-refractivity contribution in [2.24, 2.45) is 0 Å². The summed E-state index contributed by atoms with van der Waals surface area (Å²) in [6.07, 6.45) is 1.65. The summed E-state index contributed by atoms with van der Waals surface area (Å²) >= 11 is 12.0. The molecule has 0 aliphatic heterocycles. The molecule has 118 valence electrons. The Morgan fingerprint density at radius 2 is 2.00 bits per heavy atom. The molecule has 3 aromatic rings. The van der Waals surface area contributed by atoms with E-state index in [0.717, 1.165) is 11.3 Å². The molecule has 8 heteroatoms. The number of pyridine rings is 1. The molecule has 0 atom stereocenters. The van der Waals surface area contributed by atoms with Crippen molar-refractivity contribution >= 4 is 40.2 Å². The smallest absolute Gasteiger partial charge is 0.340 e. The van der Waals surface area contributed by atoms with E-state index in [1.807, 2.05) is 24.3 Å². The predicted molar refractivity (Wildman–Crippen MR) is 86.6 cm³/mol. The number of carboxylic acid groups (broad SMARTS) is 1. The van der Waals surface area contributed by atoms with Crippen molar-refractivity contribution < 1.29 is 14.6 Å². The van der Waals surface area contributed by atoms with E-state index in [1.165, 1.54) is 0 Å². The molecule has 2 heterocycles. The maximum atomic E-state index is 11.2. The second-order valence-electron chi connectivity index (χ2n) is 4.81. The number of hydrogen-bond donors (Lipinski definition) is 1. The van der Waals surface area contributed by atoms with Crippen LogP contribution in [0, 0.1) is 0 Å². The number of methoxy groups -OCH3 is 1. The third-order valence-corrected chi connectivity index (χ3v) is 3.99. The molecular formula is C15H11Cl2N3O3. The first-order chi connectivity index (χ1) is 11.0. The Balaban J connectivity index is 1.99. The number of rotatable bonds is 4. The number of nitrogens with zero attached hydrogens (tertiary/aromatic N) is 3. The van der Waals surface area contributed by atoms with E-state index in [4.69, 9.17) is 33.0 Å². The van der Waals surface area contributed by atoms with E-state index in [2.05, 4.69) is 10.1 Å². The Labute approximate surface area is 141 Å². The molecule has 6 nitrogen and oxygen atoms in total. The number of carboxylic acids is 1. The Bertz CT molecular complexity index is 891. The number of fused-ring (bicyclic) bond motifs is 1. The van der Waals surface area contributed by atoms with Crippen LogP contribution in [0.1, 0.15) is 15.9 Å². The minimum absolute atomic E-state index is 0.0356. The first-order valence-corrected chi connectivity index (χ1v) is 7.33. The Morgan fingerprint density at radius 1 is 1.30 bits per heavy atom. The SMILES string of the molecule is COc1ccc(Cn2cc3c(Cl)c(C(=O)O)c(Cl)nc3n2)cc1. The van der Waals surface area contributed by atoms with Gasteiger partial charge in [0.2, 0.25) is 0 Å². The van der Waals surface area contributed by atoms with Gasteiger partial charge in [0.1, 0.15) is 16.5 Å². The minimum atomic E-state index is -1.22. The lowest BCUT2D eigenvalue weighted by molar-refractivity contribution is 0.0697. The van der Waals surface area contributed by atoms with Gasteiger partial charge in [0, 0.05) is 6.20 Å². The lowest BCUT2D eigenvalue weighted by Crippen LogP contribution is -2.01. The Hall–Kier alpha value is -2.31. The highest BCUT2D eigenvalue weighted by Gasteiger charge is 2.20. The third kappa shape index (κ3) is 2.95. The van der Waals surface area contributed by atoms with Crippen molar-refractivity contribution in [2.45, 2.75) is 6.54 Å². The molecule has 23 heavy (non-hydrogen) atoms. The van der Waals surface area contributed by atoms with Gasteiger partial charge in [-0.1, -0.05) is 35.3 Å². The molecule has 2 aromatic heterocycles. The average Bonchev–Trinajstić information content (AvgIpc) is 2.90. The summed E-state index contributed by atoms with van der Waals surface area (Å²) in [6.45, 7) is 0.483. The van der Waals surface area contributed by atoms with Crippen molar-refractivity contribution in [3.8, 4) is 5.75 Å². The van der Waals surface area contributed by atoms with Crippen LogP contribution in [-0.4, -0.2) is 33.0 Å². The summed E-state index contributed by atoms with van der Waals surface area (Å²) in [4.78, 5) is 15.2. The molecule has 0 unspecified atom stereocenters. The first-order valence-electron chi connectivity index (χ1n) is 6.58. The number of hydrogen-bond acceptors (Lipinski definition) is 4. The van der Waals surface area contributed by atoms with Gasteiger partial charge in [-0.2, -0.15) is 5.10 Å². The lowest BCUT2D eigenvalue weighted by Gasteiger charge is -2.03. The molecule has 0 spiro atoms. The Morgan fingerprint density at radius 3 is 2.61 bits per heavy atom. The highest BCUT2D eigenvalue weighted by atomic mass is 35.5. The van der Waals surface area contributed by atoms with Crippen LogP contribution >= 0.6 is 23.2 Å². The van der Waals surface area contributed by atoms with Crippen molar-refractivity contribution in [2.75, 3.05) is 7.11 Å². The molecule has 0 fully saturated rings. The van der Waals surface area contributed by atoms with Gasteiger partial charge in [-0.3, -0.25) is 4.68 Å². The van der Waals surface area contributed by atoms with E-state index >= 15 is 0 Å². The van der Waals surface area contributed by atoms with Crippen molar-refractivity contribution in [1.82, 2.24) is 14.8 Å². The molecule has 1 N–H and O–H groups in total. The van der Waals surface area contributed by atoms with Gasteiger partial charge in [0.15, 0.2) is 5.65 Å². The van der Waals surface area contributed by atoms with Gasteiger partial charge in [0.05, 0.1) is 24.1 Å². The predicted octanol–water partition coefficient (Wildman–Crippen LogP) is 3.49. The topological polar surface area (TPSA) is 77.2 Å². The summed E-state index contributed by atoms with van der Waals surface area (Å²) in [7, 11) is 1.60. The standard InChI is InChI=1S/C15H11Cl2N3O3/c1-23-9-4-2-8(3-5-9)6-20-7-10-12(16)11(15(21)22)13(17)18-14(10)19-20/h2-5,7H,6H2,1H3,(H,21,22). The molecule has 0 aliphatic rings. The van der Waals surface area contributed by atoms with Gasteiger partial charge in [-0.15, -0.1) is 0 Å². The van der Waals surface area contributed by atoms with Crippen molar-refractivity contribution in [3.05, 3.63) is 51.8 Å². The molecule has 1 aromatic carbocycles. The number of aromatic nitrogens is 3. The zero-order valence-electron chi connectivity index (χ0n) is 12.0. The van der Waals surface area contributed by atoms with Crippen LogP contribution in [-0.2, 0) is 6.54 Å². The molecule has 0 radical (unpaired) electrons. The monoisotopic (exact) mass is 351 g/mol. The van der Waals surface area contributed by atoms with Crippen molar-refractivity contribution in [1.29, 1.82) is 0 Å². The maximum absolute atomic E-state index is 11.2. The highest BCUT2D eigenvalue weighted by Crippen LogP contribution is 2.30. The van der Waals surface area contributed by atoms with Gasteiger partial charge in [-0.05, 0) is 17.7 Å². The van der Waals surface area contributed by atoms with Crippen molar-refractivity contribution in [3.63, 3.8) is 0 Å². The zero-order valence-corrected chi connectivity index (χ0v) is 13.5. The van der Waals surface area contributed by atoms with Gasteiger partial charge in [-0.25, -0.2) is 9.78 Å². The third-order valence-electron chi connectivity index (χ3n) is 3.33. The number of benzene rings is 1. The average molecular weight is 352 g/mol. The number of aromatic carboxylic acids is 1. The highest BCUT2D eigenvalue weighted by molar-refractivity contribution is 6.41. The van der Waals surface area contributed by atoms with E-state index in [0.29, 0.717) is 17.6 Å². The van der Waals surface area contributed by atoms with E-state index in [1.54, 1.807) is 18.0 Å². The quantitative estimate of drug-likeness (QED) is 0.728. The van der Waals surface area contributed by atoms with E-state index in [9.17, 15) is 4.79 Å². The number of ether oxygens (including phenoxy) is 1. The zero-order chi connectivity index (χ0) is 16.6. The van der Waals surface area contributed by atoms with Crippen LogP contribution in [0.3, 0.4) is 0 Å². The fourth-order valence-corrected chi connectivity index (χ4v) is 2.81. The molecular weight excluding hydrogens is 341 g/mol. The fraction of sp³-hybridized carbons (Fsp3) is 0.133. The normalized spacial score (nSPS) is 10.9. The summed E-state index contributed by atoms with van der Waals surface area (Å²) in [5, 5.41) is 13.7. The maximum Gasteiger partial charge on any atom is 0.340 e. The fourth-order valence-electron chi connectivity index (χ4n) is 2.20. The van der Waals surface area contributed by atoms with Crippen LogP contribution < -0.4 is 4.74 Å². The first kappa shape index (κ1) is 15.6. The Kier molecular flexibility index (Phi) is 4.11. The van der Waals surface area contributed by atoms with Gasteiger partial charge in [0.25, 0.3) is 0 Å². The number of carbonyl (C=O) groups is 1. The minimum Gasteiger partial charge on any atom is -0.497 e. The summed E-state index contributed by atoms with van der Waals surface area (Å²) < 4.78 is 6.74. The van der Waals surface area contributed by atoms with E-state index < -0.39 is 5.97 Å². The summed E-state index contributed by atoms with van der Waals surface area (Å²) in [5.41, 5.74) is 1.09. The van der Waals surface area contributed by atoms with Crippen LogP contribution in [0.2, 0.25) is 10.2 Å². The molecule has 0 aliphatic carbocycles. The van der Waals surface area contributed by atoms with Gasteiger partial charge >= 0.3 is 5.97 Å². The van der Waals surface area contributed by atoms with Crippen LogP contribution in [0.5, 0.6) is 5.75 Å². The van der Waals surface area contributed by atoms with Gasteiger partial charge < -0.3 is 9.84 Å². The molecule has 0 amide bonds. The second-order valence-corrected chi connectivity index (χ2v) is 5.54. The molecule has 0 bridgehead atoms. The van der Waals surface area contributed by atoms with Crippen LogP contribution in [0.15, 0.2) is 30.5 Å². The molecule has 0 saturated heterocycles. The second kappa shape index (κ2) is 6.06. The molecule has 0 saturated carbocycles. The van der Waals surface area contributed by atoms with E-state index in [-0.39, 0.29) is 15.7 Å².